The van der Waals surface area contributed by atoms with Crippen molar-refractivity contribution in [3.05, 3.63) is 35.9 Å². The van der Waals surface area contributed by atoms with Crippen LogP contribution in [0.4, 0.5) is 9.59 Å². The molecule has 0 aliphatic carbocycles. The Bertz CT molecular complexity index is 737. The van der Waals surface area contributed by atoms with Crippen molar-refractivity contribution < 1.29 is 29.1 Å². The van der Waals surface area contributed by atoms with Gasteiger partial charge in [0.15, 0.2) is 0 Å². The van der Waals surface area contributed by atoms with Crippen molar-refractivity contribution >= 4 is 18.0 Å². The molecule has 2 bridgehead atoms. The molecule has 31 heavy (non-hydrogen) atoms. The van der Waals surface area contributed by atoms with E-state index in [2.05, 4.69) is 16.1 Å². The largest absolute Gasteiger partial charge is 0.444 e. The van der Waals surface area contributed by atoms with Gasteiger partial charge in [0.2, 0.25) is 0 Å². The average molecular weight is 437 g/mol. The third-order valence-electron chi connectivity index (χ3n) is 4.54. The molecular formula is C21H32N4O6. The maximum absolute atomic E-state index is 12.0. The summed E-state index contributed by atoms with van der Waals surface area (Å²) >= 11 is 0. The van der Waals surface area contributed by atoms with E-state index in [0.717, 1.165) is 12.0 Å². The van der Waals surface area contributed by atoms with Crippen molar-refractivity contribution in [1.82, 2.24) is 21.0 Å². The highest BCUT2D eigenvalue weighted by molar-refractivity contribution is 5.88. The van der Waals surface area contributed by atoms with Crippen molar-refractivity contribution in [3.8, 4) is 0 Å². The highest BCUT2D eigenvalue weighted by atomic mass is 16.7. The van der Waals surface area contributed by atoms with Gasteiger partial charge in [0.05, 0.1) is 13.2 Å². The summed E-state index contributed by atoms with van der Waals surface area (Å²) in [6.45, 7) is 6.31. The molecule has 0 aromatic heterocycles. The Morgan fingerprint density at radius 1 is 1.23 bits per heavy atom. The topological polar surface area (TPSA) is 129 Å². The van der Waals surface area contributed by atoms with Crippen LogP contribution in [0.5, 0.6) is 0 Å². The fraction of sp³-hybridized carbons (Fsp3) is 0.571. The lowest BCUT2D eigenvalue weighted by Gasteiger charge is -2.29. The molecule has 1 unspecified atom stereocenters. The molecule has 1 aromatic rings. The first kappa shape index (κ1) is 24.4. The second-order valence-corrected chi connectivity index (χ2v) is 8.28. The summed E-state index contributed by atoms with van der Waals surface area (Å²) in [6.07, 6.45) is 0.842. The van der Waals surface area contributed by atoms with Gasteiger partial charge in [-0.3, -0.25) is 9.63 Å². The zero-order valence-corrected chi connectivity index (χ0v) is 18.2. The zero-order valence-electron chi connectivity index (χ0n) is 18.2. The maximum atomic E-state index is 12.0. The Morgan fingerprint density at radius 3 is 2.55 bits per heavy atom. The summed E-state index contributed by atoms with van der Waals surface area (Å²) in [6, 6.07) is 8.95. The van der Waals surface area contributed by atoms with E-state index in [4.69, 9.17) is 14.7 Å². The molecule has 2 atom stereocenters. The van der Waals surface area contributed by atoms with Gasteiger partial charge in [-0.1, -0.05) is 30.3 Å². The molecule has 172 valence electrons. The molecule has 2 heterocycles. The van der Waals surface area contributed by atoms with Crippen LogP contribution in [0.3, 0.4) is 0 Å². The highest BCUT2D eigenvalue weighted by Gasteiger charge is 2.41. The van der Waals surface area contributed by atoms with Crippen molar-refractivity contribution in [2.45, 2.75) is 57.9 Å². The minimum Gasteiger partial charge on any atom is -0.444 e. The summed E-state index contributed by atoms with van der Waals surface area (Å²) in [7, 11) is 0. The number of amides is 4. The quantitative estimate of drug-likeness (QED) is 0.393. The molecule has 0 spiro atoms. The standard InChI is InChI=1S/C14H24N4O5.C7H8O/c1-14(2,3)23-13(21)15-6-7-22-17-11(19)10-5-4-9-8-18(10)12(20)16-9;8-6-7-4-2-1-3-5-7/h9-10H,4-8H2,1-3H3,(H,15,21)(H,16,20)(H,17,19);1-5,8H,6H2/t9?,10-;/m0./s1. The van der Waals surface area contributed by atoms with Gasteiger partial charge in [-0.25, -0.2) is 15.1 Å². The molecule has 4 N–H and O–H groups in total. The second-order valence-electron chi connectivity index (χ2n) is 8.28. The first-order valence-electron chi connectivity index (χ1n) is 10.3. The number of urea groups is 1. The molecule has 10 nitrogen and oxygen atoms in total. The van der Waals surface area contributed by atoms with Gasteiger partial charge >= 0.3 is 12.1 Å². The van der Waals surface area contributed by atoms with Crippen molar-refractivity contribution in [3.63, 3.8) is 0 Å². The smallest absolute Gasteiger partial charge is 0.407 e. The summed E-state index contributed by atoms with van der Waals surface area (Å²) in [5.41, 5.74) is 2.73. The van der Waals surface area contributed by atoms with Crippen molar-refractivity contribution in [2.75, 3.05) is 19.7 Å². The minimum absolute atomic E-state index is 0.104. The molecule has 10 heteroatoms. The number of carbonyl (C=O) groups excluding carboxylic acids is 3. The molecule has 2 aliphatic heterocycles. The minimum atomic E-state index is -0.561. The molecule has 3 rings (SSSR count). The lowest BCUT2D eigenvalue weighted by atomic mass is 10.0. The monoisotopic (exact) mass is 436 g/mol. The Morgan fingerprint density at radius 2 is 1.94 bits per heavy atom. The summed E-state index contributed by atoms with van der Waals surface area (Å²) in [5, 5.41) is 13.9. The van der Waals surface area contributed by atoms with Crippen LogP contribution in [-0.2, 0) is 21.0 Å². The number of aliphatic hydroxyl groups is 1. The van der Waals surface area contributed by atoms with Gasteiger partial charge in [0.25, 0.3) is 5.91 Å². The van der Waals surface area contributed by atoms with Crippen LogP contribution in [0, 0.1) is 0 Å². The number of carbonyl (C=O) groups is 3. The molecule has 1 aromatic carbocycles. The Balaban J connectivity index is 0.000000357. The molecule has 4 amide bonds. The number of alkyl carbamates (subject to hydrolysis) is 1. The number of nitrogens with zero attached hydrogens (tertiary/aromatic N) is 1. The van der Waals surface area contributed by atoms with E-state index in [0.29, 0.717) is 13.0 Å². The van der Waals surface area contributed by atoms with E-state index in [-0.39, 0.29) is 37.7 Å². The number of rotatable bonds is 6. The van der Waals surface area contributed by atoms with Gasteiger partial charge < -0.3 is 25.4 Å². The van der Waals surface area contributed by atoms with Gasteiger partial charge in [-0.15, -0.1) is 0 Å². The predicted molar refractivity (Wildman–Crippen MR) is 113 cm³/mol. The Labute approximate surface area is 182 Å². The zero-order chi connectivity index (χ0) is 22.9. The van der Waals surface area contributed by atoms with Crippen molar-refractivity contribution in [1.29, 1.82) is 0 Å². The first-order chi connectivity index (χ1) is 14.7. The van der Waals surface area contributed by atoms with Gasteiger partial charge in [-0.2, -0.15) is 0 Å². The molecular weight excluding hydrogens is 404 g/mol. The summed E-state index contributed by atoms with van der Waals surface area (Å²) < 4.78 is 5.06. The van der Waals surface area contributed by atoms with E-state index < -0.39 is 17.7 Å². The van der Waals surface area contributed by atoms with E-state index in [1.54, 1.807) is 20.8 Å². The van der Waals surface area contributed by atoms with Crippen LogP contribution in [0.15, 0.2) is 30.3 Å². The van der Waals surface area contributed by atoms with Crippen LogP contribution < -0.4 is 16.1 Å². The number of benzene rings is 1. The van der Waals surface area contributed by atoms with Crippen LogP contribution in [0.25, 0.3) is 0 Å². The molecule has 2 aliphatic rings. The molecule has 2 saturated heterocycles. The van der Waals surface area contributed by atoms with E-state index in [1.165, 1.54) is 4.90 Å². The van der Waals surface area contributed by atoms with Crippen molar-refractivity contribution in [2.24, 2.45) is 0 Å². The maximum Gasteiger partial charge on any atom is 0.407 e. The average Bonchev–Trinajstić information content (AvgIpc) is 3.01. The lowest BCUT2D eigenvalue weighted by Crippen LogP contribution is -2.50. The molecule has 2 fully saturated rings. The number of hydrogen-bond acceptors (Lipinski definition) is 6. The van der Waals surface area contributed by atoms with Crippen LogP contribution in [0.2, 0.25) is 0 Å². The SMILES string of the molecule is CC(C)(C)OC(=O)NCCONC(=O)[C@@H]1CCC2CN1C(=O)N2.OCc1ccccc1. The number of ether oxygens (including phenoxy) is 1. The number of fused-ring (bicyclic) bond motifs is 2. The van der Waals surface area contributed by atoms with Crippen LogP contribution in [-0.4, -0.2) is 65.4 Å². The third kappa shape index (κ3) is 8.42. The van der Waals surface area contributed by atoms with E-state index >= 15 is 0 Å². The number of hydrogen-bond donors (Lipinski definition) is 4. The number of hydroxylamine groups is 1. The summed E-state index contributed by atoms with van der Waals surface area (Å²) in [5.74, 6) is -0.349. The normalized spacial score (nSPS) is 19.6. The van der Waals surface area contributed by atoms with Crippen LogP contribution in [0.1, 0.15) is 39.2 Å². The molecule has 0 saturated carbocycles. The predicted octanol–water partition coefficient (Wildman–Crippen LogP) is 1.29. The number of nitrogens with one attached hydrogen (secondary N) is 3. The second kappa shape index (κ2) is 11.5. The number of aliphatic hydroxyl groups excluding tert-OH is 1. The number of piperidine rings is 1. The first-order valence-corrected chi connectivity index (χ1v) is 10.3. The van der Waals surface area contributed by atoms with E-state index in [9.17, 15) is 14.4 Å². The van der Waals surface area contributed by atoms with E-state index in [1.807, 2.05) is 30.3 Å². The van der Waals surface area contributed by atoms with Gasteiger partial charge in [0, 0.05) is 19.1 Å². The Kier molecular flexibility index (Phi) is 9.07. The highest BCUT2D eigenvalue weighted by Crippen LogP contribution is 2.22. The van der Waals surface area contributed by atoms with Gasteiger partial charge in [-0.05, 0) is 39.2 Å². The Hall–Kier alpha value is -2.85. The third-order valence-corrected chi connectivity index (χ3v) is 4.54. The summed E-state index contributed by atoms with van der Waals surface area (Å²) in [4.78, 5) is 41.7. The lowest BCUT2D eigenvalue weighted by molar-refractivity contribution is -0.138. The molecule has 0 radical (unpaired) electrons. The fourth-order valence-corrected chi connectivity index (χ4v) is 3.14. The fourth-order valence-electron chi connectivity index (χ4n) is 3.14. The van der Waals surface area contributed by atoms with Crippen LogP contribution >= 0.6 is 0 Å². The van der Waals surface area contributed by atoms with Gasteiger partial charge in [0.1, 0.15) is 11.6 Å².